The summed E-state index contributed by atoms with van der Waals surface area (Å²) in [7, 11) is 1.43. The minimum Gasteiger partial charge on any atom is -0.494 e. The zero-order valence-electron chi connectivity index (χ0n) is 7.72. The summed E-state index contributed by atoms with van der Waals surface area (Å²) in [6.07, 6.45) is 1.62. The molecular weight excluding hydrogens is 329 g/mol. The summed E-state index contributed by atoms with van der Waals surface area (Å²) in [6, 6.07) is 2.97. The van der Waals surface area contributed by atoms with Crippen LogP contribution in [0.2, 0.25) is 0 Å². The summed E-state index contributed by atoms with van der Waals surface area (Å²) in [5.74, 6) is -0.199. The molecule has 0 saturated heterocycles. The molecular formula is C10H6Br2FNO. The fraction of sp³-hybridized carbons (Fsp3) is 0.100. The van der Waals surface area contributed by atoms with Gasteiger partial charge < -0.3 is 4.74 Å². The van der Waals surface area contributed by atoms with Gasteiger partial charge in [-0.15, -0.1) is 0 Å². The summed E-state index contributed by atoms with van der Waals surface area (Å²) in [5, 5.41) is 0.808. The average molecular weight is 335 g/mol. The molecule has 0 radical (unpaired) electrons. The third-order valence-electron chi connectivity index (χ3n) is 2.03. The Hall–Kier alpha value is -0.680. The average Bonchev–Trinajstić information content (AvgIpc) is 2.23. The molecule has 1 aromatic heterocycles. The van der Waals surface area contributed by atoms with Crippen molar-refractivity contribution >= 4 is 42.8 Å². The summed E-state index contributed by atoms with van der Waals surface area (Å²) >= 11 is 6.74. The van der Waals surface area contributed by atoms with Gasteiger partial charge in [-0.3, -0.25) is 4.98 Å². The number of ether oxygens (including phenoxy) is 1. The second-order valence-corrected chi connectivity index (χ2v) is 4.57. The lowest BCUT2D eigenvalue weighted by Gasteiger charge is -2.06. The smallest absolute Gasteiger partial charge is 0.167 e. The molecule has 2 aromatic rings. The molecule has 0 spiro atoms. The lowest BCUT2D eigenvalue weighted by Crippen LogP contribution is -1.90. The van der Waals surface area contributed by atoms with Gasteiger partial charge in [0.15, 0.2) is 11.6 Å². The summed E-state index contributed by atoms with van der Waals surface area (Å²) in [6.45, 7) is 0. The van der Waals surface area contributed by atoms with E-state index in [0.29, 0.717) is 5.52 Å². The highest BCUT2D eigenvalue weighted by Crippen LogP contribution is 2.33. The minimum absolute atomic E-state index is 0.211. The molecule has 5 heteroatoms. The maximum atomic E-state index is 13.4. The quantitative estimate of drug-likeness (QED) is 0.789. The molecule has 0 bridgehead atoms. The van der Waals surface area contributed by atoms with Gasteiger partial charge in [0.2, 0.25) is 0 Å². The predicted molar refractivity (Wildman–Crippen MR) is 63.7 cm³/mol. The van der Waals surface area contributed by atoms with Crippen molar-refractivity contribution in [3.05, 3.63) is 33.1 Å². The normalized spacial score (nSPS) is 10.7. The molecule has 0 unspecified atom stereocenters. The molecule has 1 heterocycles. The third kappa shape index (κ3) is 1.86. The van der Waals surface area contributed by atoms with Gasteiger partial charge in [-0.25, -0.2) is 4.39 Å². The van der Waals surface area contributed by atoms with Crippen molar-refractivity contribution in [2.75, 3.05) is 7.11 Å². The van der Waals surface area contributed by atoms with E-state index in [4.69, 9.17) is 4.74 Å². The van der Waals surface area contributed by atoms with Crippen LogP contribution in [-0.2, 0) is 0 Å². The Kier molecular flexibility index (Phi) is 2.93. The first-order valence-corrected chi connectivity index (χ1v) is 5.69. The van der Waals surface area contributed by atoms with E-state index in [9.17, 15) is 4.39 Å². The van der Waals surface area contributed by atoms with Gasteiger partial charge in [-0.1, -0.05) is 0 Å². The van der Waals surface area contributed by atoms with Crippen LogP contribution in [0.15, 0.2) is 27.3 Å². The van der Waals surface area contributed by atoms with Crippen molar-refractivity contribution in [1.82, 2.24) is 4.98 Å². The number of nitrogens with zero attached hydrogens (tertiary/aromatic N) is 1. The first-order valence-electron chi connectivity index (χ1n) is 4.10. The zero-order valence-corrected chi connectivity index (χ0v) is 10.9. The van der Waals surface area contributed by atoms with Gasteiger partial charge in [0.1, 0.15) is 0 Å². The number of hydrogen-bond acceptors (Lipinski definition) is 2. The van der Waals surface area contributed by atoms with Gasteiger partial charge in [-0.2, -0.15) is 0 Å². The van der Waals surface area contributed by atoms with E-state index in [1.54, 1.807) is 12.3 Å². The first-order chi connectivity index (χ1) is 7.13. The molecule has 15 heavy (non-hydrogen) atoms. The number of fused-ring (bicyclic) bond motifs is 1. The van der Waals surface area contributed by atoms with Crippen LogP contribution in [0.5, 0.6) is 5.75 Å². The molecule has 0 aliphatic heterocycles. The van der Waals surface area contributed by atoms with Crippen molar-refractivity contribution in [1.29, 1.82) is 0 Å². The summed E-state index contributed by atoms with van der Waals surface area (Å²) in [5.41, 5.74) is 0.586. The minimum atomic E-state index is -0.410. The van der Waals surface area contributed by atoms with Gasteiger partial charge >= 0.3 is 0 Å². The number of hydrogen-bond donors (Lipinski definition) is 0. The van der Waals surface area contributed by atoms with Gasteiger partial charge in [-0.05, 0) is 37.9 Å². The van der Waals surface area contributed by atoms with Crippen LogP contribution in [0.1, 0.15) is 0 Å². The van der Waals surface area contributed by atoms with Crippen molar-refractivity contribution in [2.45, 2.75) is 0 Å². The van der Waals surface area contributed by atoms with E-state index in [1.165, 1.54) is 13.2 Å². The van der Waals surface area contributed by atoms with Crippen LogP contribution >= 0.6 is 31.9 Å². The van der Waals surface area contributed by atoms with Crippen LogP contribution in [0, 0.1) is 5.82 Å². The molecule has 0 atom stereocenters. The molecule has 0 aliphatic carbocycles. The van der Waals surface area contributed by atoms with E-state index in [2.05, 4.69) is 36.8 Å². The molecule has 1 aromatic carbocycles. The second kappa shape index (κ2) is 4.06. The van der Waals surface area contributed by atoms with Crippen molar-refractivity contribution in [3.8, 4) is 5.75 Å². The standard InChI is InChI=1S/C10H6Br2FNO/c1-15-9-2-5-8(3-7(9)13)14-4-6(11)10(5)12/h2-4H,1H3. The highest BCUT2D eigenvalue weighted by Gasteiger charge is 2.09. The Labute approximate surface area is 103 Å². The topological polar surface area (TPSA) is 22.1 Å². The summed E-state index contributed by atoms with van der Waals surface area (Å²) in [4.78, 5) is 4.11. The maximum Gasteiger partial charge on any atom is 0.167 e. The number of methoxy groups -OCH3 is 1. The van der Waals surface area contributed by atoms with E-state index >= 15 is 0 Å². The Bertz CT molecular complexity index is 530. The zero-order chi connectivity index (χ0) is 11.0. The van der Waals surface area contributed by atoms with E-state index in [0.717, 1.165) is 14.3 Å². The van der Waals surface area contributed by atoms with Crippen molar-refractivity contribution in [3.63, 3.8) is 0 Å². The number of halogens is 3. The Balaban J connectivity index is 2.82. The monoisotopic (exact) mass is 333 g/mol. The summed E-state index contributed by atoms with van der Waals surface area (Å²) < 4.78 is 19.9. The van der Waals surface area contributed by atoms with E-state index in [-0.39, 0.29) is 5.75 Å². The van der Waals surface area contributed by atoms with E-state index < -0.39 is 5.82 Å². The lowest BCUT2D eigenvalue weighted by molar-refractivity contribution is 0.387. The van der Waals surface area contributed by atoms with Crippen LogP contribution in [0.4, 0.5) is 4.39 Å². The Morgan fingerprint density at radius 2 is 2.07 bits per heavy atom. The largest absolute Gasteiger partial charge is 0.494 e. The fourth-order valence-corrected chi connectivity index (χ4v) is 2.03. The van der Waals surface area contributed by atoms with Crippen LogP contribution in [0.3, 0.4) is 0 Å². The molecule has 0 N–H and O–H groups in total. The highest BCUT2D eigenvalue weighted by molar-refractivity contribution is 9.13. The van der Waals surface area contributed by atoms with Gasteiger partial charge in [0.05, 0.1) is 17.1 Å². The molecule has 2 rings (SSSR count). The number of rotatable bonds is 1. The number of aromatic nitrogens is 1. The number of benzene rings is 1. The third-order valence-corrected chi connectivity index (χ3v) is 4.02. The SMILES string of the molecule is COc1cc2c(Br)c(Br)cnc2cc1F. The van der Waals surface area contributed by atoms with Gasteiger partial charge in [0.25, 0.3) is 0 Å². The predicted octanol–water partition coefficient (Wildman–Crippen LogP) is 3.91. The fourth-order valence-electron chi connectivity index (χ4n) is 1.29. The maximum absolute atomic E-state index is 13.4. The molecule has 78 valence electrons. The van der Waals surface area contributed by atoms with Crippen molar-refractivity contribution in [2.24, 2.45) is 0 Å². The Morgan fingerprint density at radius 3 is 2.73 bits per heavy atom. The Morgan fingerprint density at radius 1 is 1.33 bits per heavy atom. The molecule has 0 fully saturated rings. The first kappa shape index (κ1) is 10.8. The molecule has 2 nitrogen and oxygen atoms in total. The van der Waals surface area contributed by atoms with E-state index in [1.807, 2.05) is 0 Å². The van der Waals surface area contributed by atoms with Crippen molar-refractivity contribution < 1.29 is 9.13 Å². The lowest BCUT2D eigenvalue weighted by atomic mass is 10.2. The van der Waals surface area contributed by atoms with Gasteiger partial charge in [0, 0.05) is 22.1 Å². The molecule has 0 amide bonds. The molecule has 0 aliphatic rings. The second-order valence-electron chi connectivity index (χ2n) is 2.92. The van der Waals surface area contributed by atoms with Crippen LogP contribution in [0.25, 0.3) is 10.9 Å². The van der Waals surface area contributed by atoms with Crippen LogP contribution in [-0.4, -0.2) is 12.1 Å². The molecule has 0 saturated carbocycles. The van der Waals surface area contributed by atoms with Crippen LogP contribution < -0.4 is 4.74 Å². The number of pyridine rings is 1. The highest BCUT2D eigenvalue weighted by atomic mass is 79.9.